The highest BCUT2D eigenvalue weighted by Crippen LogP contribution is 2.31. The van der Waals surface area contributed by atoms with Gasteiger partial charge in [-0.1, -0.05) is 41.4 Å². The number of H-pyrrole nitrogens is 1. The molecule has 1 aliphatic heterocycles. The fourth-order valence-electron chi connectivity index (χ4n) is 3.48. The standard InChI is InChI=1S/C20H21Cl2N5O3S/c1-13(19-24-15-6-2-3-7-16(15)25-19)23-20(28)26-9-11-27(12-10-26)31(29,30)17-8-4-5-14(21)18(17)22/h2-8,13H,9-12H2,1H3,(H,23,28)(H,24,25)/t13-/m1/s1. The van der Waals surface area contributed by atoms with Crippen LogP contribution in [0.5, 0.6) is 0 Å². The Balaban J connectivity index is 1.39. The van der Waals surface area contributed by atoms with Gasteiger partial charge in [0.1, 0.15) is 10.7 Å². The number of piperazine rings is 1. The molecule has 0 bridgehead atoms. The minimum absolute atomic E-state index is 0.00370. The first-order chi connectivity index (χ1) is 14.8. The summed E-state index contributed by atoms with van der Waals surface area (Å²) in [6.07, 6.45) is 0. The van der Waals surface area contributed by atoms with E-state index in [9.17, 15) is 13.2 Å². The number of carbonyl (C=O) groups excluding carboxylic acids is 1. The summed E-state index contributed by atoms with van der Waals surface area (Å²) in [5.74, 6) is 0.659. The zero-order valence-electron chi connectivity index (χ0n) is 16.7. The molecule has 2 N–H and O–H groups in total. The smallest absolute Gasteiger partial charge is 0.318 e. The molecular formula is C20H21Cl2N5O3S. The lowest BCUT2D eigenvalue weighted by Gasteiger charge is -2.34. The number of urea groups is 1. The van der Waals surface area contributed by atoms with Crippen LogP contribution in [-0.4, -0.2) is 59.8 Å². The molecule has 0 radical (unpaired) electrons. The molecule has 11 heteroatoms. The number of imidazole rings is 1. The molecular weight excluding hydrogens is 461 g/mol. The van der Waals surface area contributed by atoms with Crippen LogP contribution in [0.3, 0.4) is 0 Å². The Labute approximate surface area is 190 Å². The SMILES string of the molecule is C[C@@H](NC(=O)N1CCN(S(=O)(=O)c2cccc(Cl)c2Cl)CC1)c1nc2ccccc2[nH]1. The van der Waals surface area contributed by atoms with Crippen molar-refractivity contribution in [1.82, 2.24) is 24.5 Å². The van der Waals surface area contributed by atoms with E-state index in [0.717, 1.165) is 11.0 Å². The number of para-hydroxylation sites is 2. The highest BCUT2D eigenvalue weighted by molar-refractivity contribution is 7.89. The third-order valence-electron chi connectivity index (χ3n) is 5.22. The Morgan fingerprint density at radius 3 is 2.52 bits per heavy atom. The Kier molecular flexibility index (Phi) is 6.11. The van der Waals surface area contributed by atoms with E-state index in [2.05, 4.69) is 15.3 Å². The maximum absolute atomic E-state index is 12.9. The highest BCUT2D eigenvalue weighted by atomic mass is 35.5. The summed E-state index contributed by atoms with van der Waals surface area (Å²) >= 11 is 12.1. The van der Waals surface area contributed by atoms with Crippen LogP contribution in [0, 0.1) is 0 Å². The maximum Gasteiger partial charge on any atom is 0.318 e. The van der Waals surface area contributed by atoms with Gasteiger partial charge in [-0.05, 0) is 31.2 Å². The summed E-state index contributed by atoms with van der Waals surface area (Å²) in [7, 11) is -3.80. The van der Waals surface area contributed by atoms with Gasteiger partial charge in [-0.2, -0.15) is 4.31 Å². The molecule has 164 valence electrons. The number of amides is 2. The average molecular weight is 482 g/mol. The van der Waals surface area contributed by atoms with Gasteiger partial charge in [-0.3, -0.25) is 0 Å². The number of aromatic nitrogens is 2. The van der Waals surface area contributed by atoms with Crippen LogP contribution in [0.15, 0.2) is 47.4 Å². The van der Waals surface area contributed by atoms with Gasteiger partial charge in [0.05, 0.1) is 27.1 Å². The Bertz CT molecular complexity index is 1190. The molecule has 2 amide bonds. The molecule has 1 fully saturated rings. The van der Waals surface area contributed by atoms with E-state index in [4.69, 9.17) is 23.2 Å². The Hall–Kier alpha value is -2.33. The summed E-state index contributed by atoms with van der Waals surface area (Å²) in [5.41, 5.74) is 1.73. The topological polar surface area (TPSA) is 98.4 Å². The largest absolute Gasteiger partial charge is 0.340 e. The highest BCUT2D eigenvalue weighted by Gasteiger charge is 2.32. The minimum atomic E-state index is -3.80. The molecule has 31 heavy (non-hydrogen) atoms. The molecule has 1 aliphatic rings. The van der Waals surface area contributed by atoms with Crippen LogP contribution >= 0.6 is 23.2 Å². The third kappa shape index (κ3) is 4.36. The van der Waals surface area contributed by atoms with E-state index in [-0.39, 0.29) is 53.2 Å². The van der Waals surface area contributed by atoms with Crippen LogP contribution < -0.4 is 5.32 Å². The molecule has 1 saturated heterocycles. The fourth-order valence-corrected chi connectivity index (χ4v) is 5.63. The lowest BCUT2D eigenvalue weighted by atomic mass is 10.3. The van der Waals surface area contributed by atoms with E-state index in [1.54, 1.807) is 11.0 Å². The Morgan fingerprint density at radius 1 is 1.10 bits per heavy atom. The molecule has 1 atom stereocenters. The number of nitrogens with zero attached hydrogens (tertiary/aromatic N) is 3. The number of rotatable bonds is 4. The van der Waals surface area contributed by atoms with Gasteiger partial charge in [0, 0.05) is 26.2 Å². The molecule has 0 aliphatic carbocycles. The number of hydrogen-bond donors (Lipinski definition) is 2. The lowest BCUT2D eigenvalue weighted by molar-refractivity contribution is 0.169. The molecule has 0 spiro atoms. The van der Waals surface area contributed by atoms with Crippen molar-refractivity contribution in [2.45, 2.75) is 17.9 Å². The number of carbonyl (C=O) groups is 1. The maximum atomic E-state index is 12.9. The summed E-state index contributed by atoms with van der Waals surface area (Å²) in [6, 6.07) is 11.5. The predicted molar refractivity (Wildman–Crippen MR) is 120 cm³/mol. The van der Waals surface area contributed by atoms with Gasteiger partial charge in [-0.25, -0.2) is 18.2 Å². The van der Waals surface area contributed by atoms with Crippen LogP contribution in [-0.2, 0) is 10.0 Å². The molecule has 2 heterocycles. The molecule has 0 saturated carbocycles. The summed E-state index contributed by atoms with van der Waals surface area (Å²) in [6.45, 7) is 2.69. The first kappa shape index (κ1) is 21.9. The first-order valence-corrected chi connectivity index (χ1v) is 11.9. The second-order valence-corrected chi connectivity index (χ2v) is 9.94. The zero-order chi connectivity index (χ0) is 22.2. The van der Waals surface area contributed by atoms with Crippen molar-refractivity contribution >= 4 is 50.3 Å². The van der Waals surface area contributed by atoms with E-state index in [0.29, 0.717) is 5.82 Å². The summed E-state index contributed by atoms with van der Waals surface area (Å²) < 4.78 is 27.2. The van der Waals surface area contributed by atoms with Gasteiger partial charge in [0.2, 0.25) is 10.0 Å². The number of sulfonamides is 1. The third-order valence-corrected chi connectivity index (χ3v) is 8.09. The van der Waals surface area contributed by atoms with E-state index >= 15 is 0 Å². The number of halogens is 2. The van der Waals surface area contributed by atoms with E-state index < -0.39 is 10.0 Å². The van der Waals surface area contributed by atoms with Crippen molar-refractivity contribution < 1.29 is 13.2 Å². The number of nitrogens with one attached hydrogen (secondary N) is 2. The number of fused-ring (bicyclic) bond motifs is 1. The van der Waals surface area contributed by atoms with Crippen LogP contribution in [0.2, 0.25) is 10.0 Å². The van der Waals surface area contributed by atoms with Crippen LogP contribution in [0.4, 0.5) is 4.79 Å². The fraction of sp³-hybridized carbons (Fsp3) is 0.300. The van der Waals surface area contributed by atoms with Crippen LogP contribution in [0.1, 0.15) is 18.8 Å². The van der Waals surface area contributed by atoms with Crippen LogP contribution in [0.25, 0.3) is 11.0 Å². The zero-order valence-corrected chi connectivity index (χ0v) is 19.0. The minimum Gasteiger partial charge on any atom is -0.340 e. The predicted octanol–water partition coefficient (Wildman–Crippen LogP) is 3.65. The average Bonchev–Trinajstić information content (AvgIpc) is 3.20. The number of hydrogen-bond acceptors (Lipinski definition) is 4. The summed E-state index contributed by atoms with van der Waals surface area (Å²) in [4.78, 5) is 22.0. The van der Waals surface area contributed by atoms with Gasteiger partial charge in [0.15, 0.2) is 0 Å². The van der Waals surface area contributed by atoms with E-state index in [1.807, 2.05) is 31.2 Å². The Morgan fingerprint density at radius 2 is 1.81 bits per heavy atom. The van der Waals surface area contributed by atoms with Crippen molar-refractivity contribution in [3.8, 4) is 0 Å². The molecule has 2 aromatic carbocycles. The van der Waals surface area contributed by atoms with Gasteiger partial charge in [-0.15, -0.1) is 0 Å². The first-order valence-electron chi connectivity index (χ1n) is 9.71. The molecule has 8 nitrogen and oxygen atoms in total. The van der Waals surface area contributed by atoms with Gasteiger partial charge >= 0.3 is 6.03 Å². The summed E-state index contributed by atoms with van der Waals surface area (Å²) in [5, 5.41) is 3.10. The monoisotopic (exact) mass is 481 g/mol. The molecule has 0 unspecified atom stereocenters. The van der Waals surface area contributed by atoms with Gasteiger partial charge in [0.25, 0.3) is 0 Å². The van der Waals surface area contributed by atoms with Crippen molar-refractivity contribution in [3.63, 3.8) is 0 Å². The van der Waals surface area contributed by atoms with Crippen molar-refractivity contribution in [1.29, 1.82) is 0 Å². The number of benzene rings is 2. The van der Waals surface area contributed by atoms with Crippen molar-refractivity contribution in [2.75, 3.05) is 26.2 Å². The van der Waals surface area contributed by atoms with Crippen molar-refractivity contribution in [2.24, 2.45) is 0 Å². The lowest BCUT2D eigenvalue weighted by Crippen LogP contribution is -2.53. The van der Waals surface area contributed by atoms with Gasteiger partial charge < -0.3 is 15.2 Å². The molecule has 1 aromatic heterocycles. The van der Waals surface area contributed by atoms with E-state index in [1.165, 1.54) is 16.4 Å². The van der Waals surface area contributed by atoms with Crippen molar-refractivity contribution in [3.05, 3.63) is 58.3 Å². The second kappa shape index (κ2) is 8.66. The second-order valence-electron chi connectivity index (χ2n) is 7.25. The number of aromatic amines is 1. The molecule has 3 aromatic rings. The quantitative estimate of drug-likeness (QED) is 0.593. The normalized spacial score (nSPS) is 16.4. The molecule has 4 rings (SSSR count).